The number of benzene rings is 1. The molecule has 0 spiro atoms. The molecule has 1 fully saturated rings. The lowest BCUT2D eigenvalue weighted by Gasteiger charge is -2.25. The number of carbonyl (C=O) groups excluding carboxylic acids is 1. The number of aromatic nitrogens is 2. The van der Waals surface area contributed by atoms with E-state index in [2.05, 4.69) is 5.10 Å². The second-order valence-corrected chi connectivity index (χ2v) is 6.21. The fourth-order valence-electron chi connectivity index (χ4n) is 3.25. The fraction of sp³-hybridized carbons (Fsp3) is 0.421. The van der Waals surface area contributed by atoms with E-state index < -0.39 is 0 Å². The summed E-state index contributed by atoms with van der Waals surface area (Å²) in [6, 6.07) is 10.6. The molecule has 0 N–H and O–H groups in total. The van der Waals surface area contributed by atoms with E-state index in [0.717, 1.165) is 24.2 Å². The second kappa shape index (κ2) is 8.14. The Labute approximate surface area is 152 Å². The van der Waals surface area contributed by atoms with Crippen molar-refractivity contribution in [2.45, 2.75) is 25.4 Å². The third kappa shape index (κ3) is 3.77. The quantitative estimate of drug-likeness (QED) is 0.789. The van der Waals surface area contributed by atoms with Crippen molar-refractivity contribution < 1.29 is 14.3 Å². The highest BCUT2D eigenvalue weighted by Crippen LogP contribution is 2.34. The van der Waals surface area contributed by atoms with Gasteiger partial charge in [-0.2, -0.15) is 5.10 Å². The van der Waals surface area contributed by atoms with Gasteiger partial charge in [0.1, 0.15) is 11.4 Å². The van der Waals surface area contributed by atoms with Gasteiger partial charge in [0.15, 0.2) is 0 Å². The van der Waals surface area contributed by atoms with Gasteiger partial charge in [0.25, 0.3) is 11.5 Å². The summed E-state index contributed by atoms with van der Waals surface area (Å²) in [7, 11) is 3.19. The Balaban J connectivity index is 1.85. The van der Waals surface area contributed by atoms with Crippen molar-refractivity contribution in [3.63, 3.8) is 0 Å². The van der Waals surface area contributed by atoms with E-state index >= 15 is 0 Å². The molecule has 1 atom stereocenters. The summed E-state index contributed by atoms with van der Waals surface area (Å²) < 4.78 is 11.6. The first-order chi connectivity index (χ1) is 12.6. The summed E-state index contributed by atoms with van der Waals surface area (Å²) in [5.74, 6) is 0.606. The van der Waals surface area contributed by atoms with Crippen LogP contribution in [0.15, 0.2) is 41.2 Å². The zero-order valence-corrected chi connectivity index (χ0v) is 15.1. The molecule has 3 rings (SSSR count). The first-order valence-electron chi connectivity index (χ1n) is 8.66. The molecule has 138 valence electrons. The van der Waals surface area contributed by atoms with E-state index in [1.54, 1.807) is 14.2 Å². The molecule has 1 aliphatic heterocycles. The molecule has 0 saturated carbocycles. The van der Waals surface area contributed by atoms with E-state index in [9.17, 15) is 9.59 Å². The molecule has 2 heterocycles. The largest absolute Gasteiger partial charge is 0.497 e. The number of carbonyl (C=O) groups is 1. The van der Waals surface area contributed by atoms with Gasteiger partial charge >= 0.3 is 0 Å². The predicted molar refractivity (Wildman–Crippen MR) is 96.4 cm³/mol. The lowest BCUT2D eigenvalue weighted by atomic mass is 10.0. The minimum absolute atomic E-state index is 0.0150. The number of methoxy groups -OCH3 is 2. The van der Waals surface area contributed by atoms with Crippen LogP contribution in [-0.2, 0) is 11.3 Å². The summed E-state index contributed by atoms with van der Waals surface area (Å²) in [5, 5.41) is 4.22. The van der Waals surface area contributed by atoms with Gasteiger partial charge in [0.2, 0.25) is 0 Å². The highest BCUT2D eigenvalue weighted by molar-refractivity contribution is 5.92. The number of amides is 1. The number of rotatable bonds is 6. The minimum atomic E-state index is -0.246. The van der Waals surface area contributed by atoms with Crippen molar-refractivity contribution in [2.75, 3.05) is 27.4 Å². The highest BCUT2D eigenvalue weighted by atomic mass is 16.5. The van der Waals surface area contributed by atoms with Crippen LogP contribution in [0.1, 0.15) is 34.9 Å². The molecule has 26 heavy (non-hydrogen) atoms. The maximum Gasteiger partial charge on any atom is 0.274 e. The van der Waals surface area contributed by atoms with Crippen molar-refractivity contribution >= 4 is 5.91 Å². The van der Waals surface area contributed by atoms with Crippen LogP contribution in [0.25, 0.3) is 0 Å². The fourth-order valence-corrected chi connectivity index (χ4v) is 3.25. The van der Waals surface area contributed by atoms with Crippen molar-refractivity contribution in [1.82, 2.24) is 14.7 Å². The van der Waals surface area contributed by atoms with Crippen LogP contribution in [0.4, 0.5) is 0 Å². The van der Waals surface area contributed by atoms with Crippen molar-refractivity contribution in [2.24, 2.45) is 0 Å². The Hall–Kier alpha value is -2.67. The number of ether oxygens (including phenoxy) is 2. The van der Waals surface area contributed by atoms with Crippen LogP contribution in [0.5, 0.6) is 5.75 Å². The average Bonchev–Trinajstić information content (AvgIpc) is 3.16. The molecule has 2 aromatic rings. The van der Waals surface area contributed by atoms with Crippen LogP contribution in [0.2, 0.25) is 0 Å². The molecule has 7 nitrogen and oxygen atoms in total. The molecule has 0 aliphatic carbocycles. The summed E-state index contributed by atoms with van der Waals surface area (Å²) in [5.41, 5.74) is 1.07. The summed E-state index contributed by atoms with van der Waals surface area (Å²) in [6.07, 6.45) is 1.82. The SMILES string of the molecule is COCCn1nc(C(=O)N2CCCC2c2cccc(OC)c2)ccc1=O. The third-order valence-corrected chi connectivity index (χ3v) is 4.59. The minimum Gasteiger partial charge on any atom is -0.497 e. The van der Waals surface area contributed by atoms with E-state index in [1.165, 1.54) is 16.8 Å². The van der Waals surface area contributed by atoms with Crippen molar-refractivity contribution in [3.05, 3.63) is 58.0 Å². The molecule has 1 aromatic heterocycles. The number of likely N-dealkylation sites (tertiary alicyclic amines) is 1. The van der Waals surface area contributed by atoms with Gasteiger partial charge in [-0.25, -0.2) is 4.68 Å². The number of hydrogen-bond donors (Lipinski definition) is 0. The number of nitrogens with zero attached hydrogens (tertiary/aromatic N) is 3. The van der Waals surface area contributed by atoms with Crippen LogP contribution < -0.4 is 10.3 Å². The molecule has 1 aliphatic rings. The van der Waals surface area contributed by atoms with Gasteiger partial charge in [-0.15, -0.1) is 0 Å². The Morgan fingerprint density at radius 2 is 2.12 bits per heavy atom. The van der Waals surface area contributed by atoms with E-state index in [0.29, 0.717) is 19.7 Å². The van der Waals surface area contributed by atoms with E-state index in [-0.39, 0.29) is 23.2 Å². The average molecular weight is 357 g/mol. The Morgan fingerprint density at radius 1 is 1.27 bits per heavy atom. The molecular weight excluding hydrogens is 334 g/mol. The Morgan fingerprint density at radius 3 is 2.88 bits per heavy atom. The Kier molecular flexibility index (Phi) is 5.68. The highest BCUT2D eigenvalue weighted by Gasteiger charge is 2.31. The lowest BCUT2D eigenvalue weighted by molar-refractivity contribution is 0.0725. The van der Waals surface area contributed by atoms with Gasteiger partial charge in [-0.3, -0.25) is 9.59 Å². The second-order valence-electron chi connectivity index (χ2n) is 6.21. The molecule has 1 aromatic carbocycles. The molecule has 1 amide bonds. The monoisotopic (exact) mass is 357 g/mol. The molecular formula is C19H23N3O4. The van der Waals surface area contributed by atoms with Gasteiger partial charge in [0.05, 0.1) is 26.3 Å². The third-order valence-electron chi connectivity index (χ3n) is 4.59. The first kappa shape index (κ1) is 18.1. The van der Waals surface area contributed by atoms with Crippen LogP contribution >= 0.6 is 0 Å². The summed E-state index contributed by atoms with van der Waals surface area (Å²) in [4.78, 5) is 26.7. The topological polar surface area (TPSA) is 73.7 Å². The molecule has 1 unspecified atom stereocenters. The molecule has 0 bridgehead atoms. The standard InChI is InChI=1S/C19H23N3O4/c1-25-12-11-22-18(23)9-8-16(20-22)19(24)21-10-4-7-17(21)14-5-3-6-15(13-14)26-2/h3,5-6,8-9,13,17H,4,7,10-12H2,1-2H3. The van der Waals surface area contributed by atoms with Crippen LogP contribution in [0.3, 0.4) is 0 Å². The van der Waals surface area contributed by atoms with Gasteiger partial charge in [-0.05, 0) is 36.6 Å². The smallest absolute Gasteiger partial charge is 0.274 e. The predicted octanol–water partition coefficient (Wildman–Crippen LogP) is 1.88. The molecule has 7 heteroatoms. The van der Waals surface area contributed by atoms with Crippen molar-refractivity contribution in [3.8, 4) is 5.75 Å². The summed E-state index contributed by atoms with van der Waals surface area (Å²) >= 11 is 0. The lowest BCUT2D eigenvalue weighted by Crippen LogP contribution is -2.34. The normalized spacial score (nSPS) is 16.7. The number of hydrogen-bond acceptors (Lipinski definition) is 5. The molecule has 1 saturated heterocycles. The molecule has 0 radical (unpaired) electrons. The van der Waals surface area contributed by atoms with Gasteiger partial charge < -0.3 is 14.4 Å². The van der Waals surface area contributed by atoms with Crippen LogP contribution in [-0.4, -0.2) is 48.0 Å². The van der Waals surface area contributed by atoms with Crippen molar-refractivity contribution in [1.29, 1.82) is 0 Å². The van der Waals surface area contributed by atoms with Gasteiger partial charge in [0, 0.05) is 19.7 Å². The zero-order chi connectivity index (χ0) is 18.5. The zero-order valence-electron chi connectivity index (χ0n) is 15.1. The maximum atomic E-state index is 13.0. The van der Waals surface area contributed by atoms with Crippen LogP contribution in [0, 0.1) is 0 Å². The first-order valence-corrected chi connectivity index (χ1v) is 8.66. The summed E-state index contributed by atoms with van der Waals surface area (Å²) in [6.45, 7) is 1.34. The van der Waals surface area contributed by atoms with E-state index in [1.807, 2.05) is 29.2 Å². The Bertz CT molecular complexity index is 834. The van der Waals surface area contributed by atoms with E-state index in [4.69, 9.17) is 9.47 Å². The van der Waals surface area contributed by atoms with Gasteiger partial charge in [-0.1, -0.05) is 12.1 Å². The maximum absolute atomic E-state index is 13.0.